The number of rotatable bonds is 5. The van der Waals surface area contributed by atoms with E-state index in [1.165, 1.54) is 4.90 Å². The normalized spacial score (nSPS) is 17.8. The number of halogens is 1. The van der Waals surface area contributed by atoms with Gasteiger partial charge in [0.05, 0.1) is 17.7 Å². The number of nitrogens with zero attached hydrogens (tertiary/aromatic N) is 2. The van der Waals surface area contributed by atoms with Crippen molar-refractivity contribution in [2.24, 2.45) is 0 Å². The van der Waals surface area contributed by atoms with E-state index in [0.29, 0.717) is 22.7 Å². The lowest BCUT2D eigenvalue weighted by Crippen LogP contribution is -2.30. The lowest BCUT2D eigenvalue weighted by molar-refractivity contribution is -0.132. The number of aromatic nitrogens is 1. The molecule has 32 heavy (non-hydrogen) atoms. The number of aliphatic hydroxyl groups is 1. The number of carbonyl (C=O) groups is 2. The molecule has 1 aromatic heterocycles. The zero-order chi connectivity index (χ0) is 22.8. The Balaban J connectivity index is 1.86. The monoisotopic (exact) mass is 492 g/mol. The van der Waals surface area contributed by atoms with Crippen LogP contribution in [-0.2, 0) is 9.59 Å². The van der Waals surface area contributed by atoms with Crippen molar-refractivity contribution in [3.05, 3.63) is 94.1 Å². The van der Waals surface area contributed by atoms with Gasteiger partial charge in [-0.2, -0.15) is 0 Å². The maximum Gasteiger partial charge on any atom is 0.301 e. The molecule has 1 N–H and O–H groups in total. The standard InChI is InChI=1S/C25H21BrN2O4/c1-15(2)32-19-11-9-16(10-12-19)23(29)21-22(17-6-5-7-18(26)14-17)28(25(31)24(21)30)20-8-3-4-13-27-20/h3-15,22,29H,1-2H3/t22-/m0/s1. The van der Waals surface area contributed by atoms with Gasteiger partial charge in [-0.25, -0.2) is 4.98 Å². The Labute approximate surface area is 194 Å². The maximum atomic E-state index is 13.1. The Morgan fingerprint density at radius 1 is 1.06 bits per heavy atom. The molecule has 2 aromatic carbocycles. The second-order valence-electron chi connectivity index (χ2n) is 7.60. The molecule has 1 atom stereocenters. The molecule has 1 saturated heterocycles. The molecule has 2 heterocycles. The lowest BCUT2D eigenvalue weighted by atomic mass is 9.95. The van der Waals surface area contributed by atoms with Gasteiger partial charge < -0.3 is 9.84 Å². The number of ether oxygens (including phenoxy) is 1. The van der Waals surface area contributed by atoms with Crippen LogP contribution in [0.1, 0.15) is 31.0 Å². The van der Waals surface area contributed by atoms with Crippen LogP contribution < -0.4 is 9.64 Å². The Morgan fingerprint density at radius 3 is 2.44 bits per heavy atom. The average Bonchev–Trinajstić information content (AvgIpc) is 3.05. The van der Waals surface area contributed by atoms with E-state index in [-0.39, 0.29) is 17.4 Å². The summed E-state index contributed by atoms with van der Waals surface area (Å²) < 4.78 is 6.44. The van der Waals surface area contributed by atoms with Crippen LogP contribution in [0.15, 0.2) is 83.0 Å². The molecule has 4 rings (SSSR count). The lowest BCUT2D eigenvalue weighted by Gasteiger charge is -2.24. The van der Waals surface area contributed by atoms with Gasteiger partial charge in [-0.3, -0.25) is 14.5 Å². The van der Waals surface area contributed by atoms with Crippen molar-refractivity contribution in [2.45, 2.75) is 26.0 Å². The number of benzene rings is 2. The van der Waals surface area contributed by atoms with Crippen molar-refractivity contribution in [3.63, 3.8) is 0 Å². The molecule has 6 nitrogen and oxygen atoms in total. The summed E-state index contributed by atoms with van der Waals surface area (Å²) in [5.41, 5.74) is 1.10. The number of Topliss-reactive ketones (excluding diaryl/α,β-unsaturated/α-hetero) is 1. The predicted octanol–water partition coefficient (Wildman–Crippen LogP) is 5.26. The average molecular weight is 493 g/mol. The Bertz CT molecular complexity index is 1190. The number of pyridine rings is 1. The summed E-state index contributed by atoms with van der Waals surface area (Å²) in [5, 5.41) is 11.2. The summed E-state index contributed by atoms with van der Waals surface area (Å²) >= 11 is 3.45. The molecule has 0 saturated carbocycles. The third-order valence-corrected chi connectivity index (χ3v) is 5.50. The Kier molecular flexibility index (Phi) is 6.10. The van der Waals surface area contributed by atoms with Gasteiger partial charge in [0.25, 0.3) is 5.78 Å². The highest BCUT2D eigenvalue weighted by atomic mass is 79.9. The molecule has 0 aliphatic carbocycles. The van der Waals surface area contributed by atoms with Crippen molar-refractivity contribution in [2.75, 3.05) is 4.90 Å². The minimum atomic E-state index is -0.825. The molecule has 7 heteroatoms. The Hall–Kier alpha value is -3.45. The van der Waals surface area contributed by atoms with E-state index >= 15 is 0 Å². The number of amides is 1. The number of aliphatic hydroxyl groups excluding tert-OH is 1. The van der Waals surface area contributed by atoms with Gasteiger partial charge in [0, 0.05) is 16.2 Å². The molecule has 0 unspecified atom stereocenters. The van der Waals surface area contributed by atoms with Crippen molar-refractivity contribution in [1.29, 1.82) is 0 Å². The van der Waals surface area contributed by atoms with Gasteiger partial charge in [0.2, 0.25) is 0 Å². The third kappa shape index (κ3) is 4.16. The topological polar surface area (TPSA) is 79.7 Å². The quantitative estimate of drug-likeness (QED) is 0.298. The number of hydrogen-bond donors (Lipinski definition) is 1. The first-order valence-corrected chi connectivity index (χ1v) is 10.9. The fourth-order valence-corrected chi connectivity index (χ4v) is 4.09. The van der Waals surface area contributed by atoms with Crippen LogP contribution in [0.2, 0.25) is 0 Å². The van der Waals surface area contributed by atoms with Gasteiger partial charge in [0.15, 0.2) is 0 Å². The molecular formula is C25H21BrN2O4. The van der Waals surface area contributed by atoms with Crippen LogP contribution in [0.3, 0.4) is 0 Å². The SMILES string of the molecule is CC(C)Oc1ccc(C(O)=C2C(=O)C(=O)N(c3ccccn3)[C@H]2c2cccc(Br)c2)cc1. The minimum Gasteiger partial charge on any atom is -0.507 e. The fraction of sp³-hybridized carbons (Fsp3) is 0.160. The van der Waals surface area contributed by atoms with E-state index in [4.69, 9.17) is 4.74 Å². The molecule has 1 aliphatic rings. The van der Waals surface area contributed by atoms with Crippen LogP contribution >= 0.6 is 15.9 Å². The molecular weight excluding hydrogens is 472 g/mol. The van der Waals surface area contributed by atoms with Crippen molar-refractivity contribution in [1.82, 2.24) is 4.98 Å². The predicted molar refractivity (Wildman–Crippen MR) is 125 cm³/mol. The van der Waals surface area contributed by atoms with Gasteiger partial charge in [-0.1, -0.05) is 34.1 Å². The number of anilines is 1. The van der Waals surface area contributed by atoms with Gasteiger partial charge in [-0.15, -0.1) is 0 Å². The van der Waals surface area contributed by atoms with Gasteiger partial charge in [0.1, 0.15) is 17.3 Å². The van der Waals surface area contributed by atoms with E-state index in [1.54, 1.807) is 48.7 Å². The van der Waals surface area contributed by atoms with Crippen molar-refractivity contribution in [3.8, 4) is 5.75 Å². The number of carbonyl (C=O) groups excluding carboxylic acids is 2. The number of ketones is 1. The summed E-state index contributed by atoms with van der Waals surface area (Å²) in [5.74, 6) is -0.771. The summed E-state index contributed by atoms with van der Waals surface area (Å²) in [6.07, 6.45) is 1.56. The highest BCUT2D eigenvalue weighted by Crippen LogP contribution is 2.42. The highest BCUT2D eigenvalue weighted by Gasteiger charge is 2.47. The van der Waals surface area contributed by atoms with Crippen LogP contribution in [0.25, 0.3) is 5.76 Å². The molecule has 0 bridgehead atoms. The summed E-state index contributed by atoms with van der Waals surface area (Å²) in [6.45, 7) is 3.84. The van der Waals surface area contributed by atoms with Gasteiger partial charge >= 0.3 is 5.91 Å². The zero-order valence-corrected chi connectivity index (χ0v) is 19.1. The summed E-state index contributed by atoms with van der Waals surface area (Å²) in [7, 11) is 0. The van der Waals surface area contributed by atoms with Crippen LogP contribution in [-0.4, -0.2) is 27.9 Å². The highest BCUT2D eigenvalue weighted by molar-refractivity contribution is 9.10. The first kappa shape index (κ1) is 21.8. The van der Waals surface area contributed by atoms with E-state index in [2.05, 4.69) is 20.9 Å². The fourth-order valence-electron chi connectivity index (χ4n) is 3.68. The molecule has 0 spiro atoms. The van der Waals surface area contributed by atoms with E-state index in [9.17, 15) is 14.7 Å². The summed E-state index contributed by atoms with van der Waals surface area (Å²) in [6, 6.07) is 18.4. The van der Waals surface area contributed by atoms with Crippen molar-refractivity contribution >= 4 is 39.2 Å². The second kappa shape index (κ2) is 8.96. The zero-order valence-electron chi connectivity index (χ0n) is 17.5. The van der Waals surface area contributed by atoms with Crippen molar-refractivity contribution < 1.29 is 19.4 Å². The minimum absolute atomic E-state index is 0.00895. The molecule has 162 valence electrons. The third-order valence-electron chi connectivity index (χ3n) is 5.00. The smallest absolute Gasteiger partial charge is 0.301 e. The van der Waals surface area contributed by atoms with E-state index in [1.807, 2.05) is 38.1 Å². The second-order valence-corrected chi connectivity index (χ2v) is 8.52. The molecule has 3 aromatic rings. The molecule has 0 radical (unpaired) electrons. The van der Waals surface area contributed by atoms with Crippen LogP contribution in [0, 0.1) is 0 Å². The molecule has 1 aliphatic heterocycles. The molecule has 1 amide bonds. The van der Waals surface area contributed by atoms with Crippen LogP contribution in [0.4, 0.5) is 5.82 Å². The number of hydrogen-bond acceptors (Lipinski definition) is 5. The largest absolute Gasteiger partial charge is 0.507 e. The maximum absolute atomic E-state index is 13.1. The first-order valence-electron chi connectivity index (χ1n) is 10.1. The van der Waals surface area contributed by atoms with Crippen LogP contribution in [0.5, 0.6) is 5.75 Å². The van der Waals surface area contributed by atoms with Gasteiger partial charge in [-0.05, 0) is 67.9 Å². The van der Waals surface area contributed by atoms with E-state index in [0.717, 1.165) is 4.47 Å². The molecule has 1 fully saturated rings. The Morgan fingerprint density at radius 2 is 1.81 bits per heavy atom. The first-order chi connectivity index (χ1) is 15.4. The summed E-state index contributed by atoms with van der Waals surface area (Å²) in [4.78, 5) is 31.8. The van der Waals surface area contributed by atoms with E-state index < -0.39 is 17.7 Å².